The van der Waals surface area contributed by atoms with Crippen LogP contribution >= 0.6 is 0 Å². The van der Waals surface area contributed by atoms with E-state index >= 15 is 0 Å². The summed E-state index contributed by atoms with van der Waals surface area (Å²) in [5.41, 5.74) is 6.95. The molecule has 0 saturated heterocycles. The molecule has 0 unspecified atom stereocenters. The number of ether oxygens (including phenoxy) is 3. The van der Waals surface area contributed by atoms with Crippen molar-refractivity contribution >= 4 is 41.0 Å². The number of nitrogens with one attached hydrogen (secondary N) is 3. The standard InChI is InChI=1S/C20H16F5N3O3.C16H15NO2.C10H7F5O2/c1-26-8-12-7-10-6-11(27-9-29)2-3-13(10)28(12)5-4-14(30)31-20-18(24)16(22)15(21)17(23)19(20)25;1-17-16(18)19-10-15-13-8-4-2-6-11(13)12-7-3-5-9-14(12)15;1-2-3-4(16)17-10-8(14)6(12)5(11)7(13)9(10)15/h2-3,6-7,9,26H,4-5,8H2,1H3,(H,27,29);2-9,15H,10H2,1H3,(H,17,18);2-3H2,1H3. The van der Waals surface area contributed by atoms with Crippen LogP contribution in [0.3, 0.4) is 0 Å². The van der Waals surface area contributed by atoms with E-state index in [9.17, 15) is 63.1 Å². The van der Waals surface area contributed by atoms with Gasteiger partial charge in [0, 0.05) is 54.8 Å². The van der Waals surface area contributed by atoms with Gasteiger partial charge in [-0.15, -0.1) is 0 Å². The summed E-state index contributed by atoms with van der Waals surface area (Å²) < 4.78 is 147. The molecule has 0 spiro atoms. The second-order valence-corrected chi connectivity index (χ2v) is 14.2. The smallest absolute Gasteiger partial charge is 0.406 e. The fourth-order valence-electron chi connectivity index (χ4n) is 6.83. The van der Waals surface area contributed by atoms with Crippen LogP contribution in [0.4, 0.5) is 54.4 Å². The van der Waals surface area contributed by atoms with Gasteiger partial charge in [-0.3, -0.25) is 14.4 Å². The van der Waals surface area contributed by atoms with Crippen LogP contribution < -0.4 is 25.4 Å². The highest BCUT2D eigenvalue weighted by Gasteiger charge is 2.31. The molecule has 0 saturated carbocycles. The molecule has 1 aromatic heterocycles. The summed E-state index contributed by atoms with van der Waals surface area (Å²) in [6.07, 6.45) is -0.147. The first-order valence-corrected chi connectivity index (χ1v) is 19.9. The summed E-state index contributed by atoms with van der Waals surface area (Å²) in [5, 5.41) is 8.71. The Morgan fingerprint density at radius 2 is 1.12 bits per heavy atom. The molecule has 3 N–H and O–H groups in total. The highest BCUT2D eigenvalue weighted by Crippen LogP contribution is 2.44. The Bertz CT molecular complexity index is 2720. The number of aromatic nitrogens is 1. The Balaban J connectivity index is 0.000000200. The number of aryl methyl sites for hydroxylation is 1. The predicted molar refractivity (Wildman–Crippen MR) is 222 cm³/mol. The van der Waals surface area contributed by atoms with Crippen LogP contribution in [0.15, 0.2) is 72.8 Å². The monoisotopic (exact) mass is 948 g/mol. The molecular weight excluding hydrogens is 911 g/mol. The maximum atomic E-state index is 13.7. The van der Waals surface area contributed by atoms with Crippen LogP contribution in [0.1, 0.15) is 48.9 Å². The third-order valence-corrected chi connectivity index (χ3v) is 9.88. The Morgan fingerprint density at radius 3 is 1.58 bits per heavy atom. The zero-order chi connectivity index (χ0) is 49.1. The number of anilines is 1. The van der Waals surface area contributed by atoms with Gasteiger partial charge in [0.1, 0.15) is 6.61 Å². The lowest BCUT2D eigenvalue weighted by atomic mass is 9.98. The number of fused-ring (bicyclic) bond motifs is 4. The highest BCUT2D eigenvalue weighted by molar-refractivity contribution is 5.87. The Hall–Kier alpha value is -7.42. The van der Waals surface area contributed by atoms with E-state index in [0.29, 0.717) is 37.2 Å². The number of carbonyl (C=O) groups excluding carboxylic acids is 4. The topological polar surface area (TPSA) is 137 Å². The first-order valence-electron chi connectivity index (χ1n) is 19.9. The number of rotatable bonds is 13. The number of amides is 2. The van der Waals surface area contributed by atoms with Gasteiger partial charge in [0.2, 0.25) is 76.1 Å². The molecule has 0 fully saturated rings. The second kappa shape index (κ2) is 22.7. The van der Waals surface area contributed by atoms with E-state index in [2.05, 4.69) is 49.7 Å². The molecule has 0 bridgehead atoms. The molecule has 5 aromatic carbocycles. The average molecular weight is 949 g/mol. The van der Waals surface area contributed by atoms with Gasteiger partial charge >= 0.3 is 18.0 Å². The van der Waals surface area contributed by atoms with Crippen molar-refractivity contribution in [2.75, 3.05) is 26.0 Å². The van der Waals surface area contributed by atoms with E-state index in [1.807, 2.05) is 30.3 Å². The molecule has 67 heavy (non-hydrogen) atoms. The molecule has 1 heterocycles. The number of halogens is 10. The normalized spacial score (nSPS) is 11.4. The van der Waals surface area contributed by atoms with Gasteiger partial charge in [0.05, 0.1) is 6.42 Å². The number of nitrogens with zero attached hydrogens (tertiary/aromatic N) is 1. The van der Waals surface area contributed by atoms with Crippen LogP contribution in [0, 0.1) is 58.2 Å². The van der Waals surface area contributed by atoms with Gasteiger partial charge in [-0.25, -0.2) is 31.1 Å². The summed E-state index contributed by atoms with van der Waals surface area (Å²) in [6.45, 7) is 2.38. The van der Waals surface area contributed by atoms with Crippen LogP contribution in [-0.2, 0) is 32.2 Å². The lowest BCUT2D eigenvalue weighted by molar-refractivity contribution is -0.135. The molecule has 21 heteroatoms. The van der Waals surface area contributed by atoms with Gasteiger partial charge < -0.3 is 34.7 Å². The van der Waals surface area contributed by atoms with E-state index in [1.54, 1.807) is 43.8 Å². The van der Waals surface area contributed by atoms with Gasteiger partial charge in [-0.05, 0) is 60.0 Å². The molecule has 11 nitrogen and oxygen atoms in total. The minimum Gasteiger partial charge on any atom is -0.449 e. The van der Waals surface area contributed by atoms with Crippen molar-refractivity contribution in [3.8, 4) is 22.6 Å². The Labute approximate surface area is 374 Å². The maximum absolute atomic E-state index is 13.7. The van der Waals surface area contributed by atoms with Crippen molar-refractivity contribution in [1.82, 2.24) is 15.2 Å². The predicted octanol–water partition coefficient (Wildman–Crippen LogP) is 9.86. The maximum Gasteiger partial charge on any atom is 0.406 e. The second-order valence-electron chi connectivity index (χ2n) is 14.2. The van der Waals surface area contributed by atoms with Crippen LogP contribution in [0.25, 0.3) is 22.0 Å². The van der Waals surface area contributed by atoms with E-state index in [4.69, 9.17) is 4.74 Å². The van der Waals surface area contributed by atoms with Crippen molar-refractivity contribution in [1.29, 1.82) is 0 Å². The largest absolute Gasteiger partial charge is 0.449 e. The third kappa shape index (κ3) is 11.3. The molecule has 2 amide bonds. The van der Waals surface area contributed by atoms with Crippen molar-refractivity contribution in [3.63, 3.8) is 0 Å². The Kier molecular flexibility index (Phi) is 17.1. The van der Waals surface area contributed by atoms with E-state index in [1.165, 1.54) is 22.3 Å². The molecule has 6 aromatic rings. The van der Waals surface area contributed by atoms with Gasteiger partial charge in [0.15, 0.2) is 0 Å². The van der Waals surface area contributed by atoms with E-state index in [0.717, 1.165) is 11.1 Å². The fraction of sp³-hybridized carbons (Fsp3) is 0.217. The van der Waals surface area contributed by atoms with Gasteiger partial charge in [-0.2, -0.15) is 17.6 Å². The van der Waals surface area contributed by atoms with E-state index < -0.39 is 88.0 Å². The number of carbonyl (C=O) groups is 4. The van der Waals surface area contributed by atoms with Crippen LogP contribution in [0.2, 0.25) is 0 Å². The molecule has 0 atom stereocenters. The lowest BCUT2D eigenvalue weighted by Crippen LogP contribution is -2.21. The molecule has 354 valence electrons. The molecule has 7 rings (SSSR count). The SMILES string of the molecule is CCCC(=O)Oc1c(F)c(F)c(F)c(F)c1F.CNC(=O)OCC1c2ccccc2-c2ccccc21.CNCc1cc2cc(NC=O)ccc2n1CCC(=O)Oc1c(F)c(F)c(F)c(F)c1F. The van der Waals surface area contributed by atoms with Gasteiger partial charge in [-0.1, -0.05) is 55.5 Å². The zero-order valence-electron chi connectivity index (χ0n) is 35.4. The Morgan fingerprint density at radius 1 is 0.642 bits per heavy atom. The first kappa shape index (κ1) is 50.6. The lowest BCUT2D eigenvalue weighted by Gasteiger charge is -2.13. The number of hydrogen-bond donors (Lipinski definition) is 3. The van der Waals surface area contributed by atoms with Crippen molar-refractivity contribution in [2.24, 2.45) is 0 Å². The number of benzene rings is 5. The summed E-state index contributed by atoms with van der Waals surface area (Å²) in [4.78, 5) is 44.9. The van der Waals surface area contributed by atoms with Crippen molar-refractivity contribution in [2.45, 2.75) is 45.2 Å². The first-order chi connectivity index (χ1) is 32.0. The van der Waals surface area contributed by atoms with Gasteiger partial charge in [0.25, 0.3) is 0 Å². The molecule has 0 aliphatic heterocycles. The summed E-state index contributed by atoms with van der Waals surface area (Å²) in [5.74, 6) is -27.4. The summed E-state index contributed by atoms with van der Waals surface area (Å²) >= 11 is 0. The number of hydrogen-bond acceptors (Lipinski definition) is 8. The molecule has 1 aliphatic carbocycles. The summed E-state index contributed by atoms with van der Waals surface area (Å²) in [7, 11) is 3.28. The third-order valence-electron chi connectivity index (χ3n) is 9.88. The highest BCUT2D eigenvalue weighted by atomic mass is 19.2. The average Bonchev–Trinajstić information content (AvgIpc) is 3.84. The van der Waals surface area contributed by atoms with E-state index in [-0.39, 0.29) is 25.0 Å². The molecule has 1 aliphatic rings. The van der Waals surface area contributed by atoms with Crippen LogP contribution in [0.5, 0.6) is 11.5 Å². The number of alkyl carbamates (subject to hydrolysis) is 1. The fourth-order valence-corrected chi connectivity index (χ4v) is 6.83. The quantitative estimate of drug-likeness (QED) is 0.0260. The number of esters is 2. The molecular formula is C46H38F10N4O7. The minimum atomic E-state index is -2.34. The minimum absolute atomic E-state index is 0.00913. The molecule has 0 radical (unpaired) electrons. The summed E-state index contributed by atoms with van der Waals surface area (Å²) in [6, 6.07) is 23.5. The van der Waals surface area contributed by atoms with Crippen molar-refractivity contribution < 1.29 is 77.3 Å². The van der Waals surface area contributed by atoms with Crippen molar-refractivity contribution in [3.05, 3.63) is 148 Å². The zero-order valence-corrected chi connectivity index (χ0v) is 35.4. The van der Waals surface area contributed by atoms with Crippen LogP contribution in [-0.4, -0.2) is 49.7 Å².